The number of imide groups is 1. The lowest BCUT2D eigenvalue weighted by atomic mass is 9.76. The summed E-state index contributed by atoms with van der Waals surface area (Å²) in [7, 11) is 0. The summed E-state index contributed by atoms with van der Waals surface area (Å²) in [5.41, 5.74) is 0.417. The number of hydrogen-bond acceptors (Lipinski definition) is 4. The molecule has 6 nitrogen and oxygen atoms in total. The molecule has 1 aromatic rings. The van der Waals surface area contributed by atoms with E-state index >= 15 is 0 Å². The van der Waals surface area contributed by atoms with E-state index in [-0.39, 0.29) is 23.8 Å². The van der Waals surface area contributed by atoms with E-state index in [0.717, 1.165) is 30.5 Å². The number of rotatable bonds is 7. The van der Waals surface area contributed by atoms with Gasteiger partial charge < -0.3 is 4.90 Å². The normalized spacial score (nSPS) is 30.0. The van der Waals surface area contributed by atoms with Crippen LogP contribution in [0.5, 0.6) is 0 Å². The smallest absolute Gasteiger partial charge is 0.253 e. The Labute approximate surface area is 178 Å². The van der Waals surface area contributed by atoms with Gasteiger partial charge in [-0.1, -0.05) is 51.5 Å². The first-order valence-corrected chi connectivity index (χ1v) is 11.0. The van der Waals surface area contributed by atoms with Gasteiger partial charge in [-0.15, -0.1) is 6.58 Å². The summed E-state index contributed by atoms with van der Waals surface area (Å²) in [4.78, 5) is 43.9. The Morgan fingerprint density at radius 2 is 1.90 bits per heavy atom. The molecule has 3 aliphatic rings. The van der Waals surface area contributed by atoms with Gasteiger partial charge in [0.1, 0.15) is 5.54 Å². The average molecular weight is 410 g/mol. The van der Waals surface area contributed by atoms with E-state index in [4.69, 9.17) is 0 Å². The lowest BCUT2D eigenvalue weighted by Crippen LogP contribution is -2.55. The first kappa shape index (κ1) is 20.8. The lowest BCUT2D eigenvalue weighted by Gasteiger charge is -2.30. The molecule has 0 aromatic heterocycles. The van der Waals surface area contributed by atoms with E-state index in [1.165, 1.54) is 4.90 Å². The van der Waals surface area contributed by atoms with Crippen LogP contribution in [0.1, 0.15) is 45.6 Å². The summed E-state index contributed by atoms with van der Waals surface area (Å²) in [6.45, 7) is 10.8. The third kappa shape index (κ3) is 2.77. The van der Waals surface area contributed by atoms with Crippen LogP contribution < -0.4 is 10.2 Å². The molecule has 1 spiro atoms. The van der Waals surface area contributed by atoms with Crippen LogP contribution in [-0.4, -0.2) is 41.8 Å². The number of unbranched alkanes of at least 4 members (excludes halogenated alkanes) is 1. The Hall–Kier alpha value is -2.47. The number of fused-ring (bicyclic) bond motifs is 4. The summed E-state index contributed by atoms with van der Waals surface area (Å²) in [5, 5.41) is 3.54. The van der Waals surface area contributed by atoms with E-state index in [2.05, 4.69) is 25.7 Å². The third-order valence-electron chi connectivity index (χ3n) is 6.73. The van der Waals surface area contributed by atoms with Gasteiger partial charge in [-0.25, -0.2) is 0 Å². The molecule has 2 fully saturated rings. The molecule has 0 unspecified atom stereocenters. The monoisotopic (exact) mass is 409 g/mol. The van der Waals surface area contributed by atoms with Crippen molar-refractivity contribution in [1.82, 2.24) is 10.2 Å². The highest BCUT2D eigenvalue weighted by Gasteiger charge is 2.71. The highest BCUT2D eigenvalue weighted by atomic mass is 16.2. The largest absolute Gasteiger partial charge is 0.306 e. The molecule has 6 heteroatoms. The molecule has 0 radical (unpaired) electrons. The Kier molecular flexibility index (Phi) is 5.30. The number of likely N-dealkylation sites (tertiary alicyclic amines) is 1. The minimum atomic E-state index is -1.18. The van der Waals surface area contributed by atoms with E-state index in [1.807, 2.05) is 31.2 Å². The van der Waals surface area contributed by atoms with Crippen LogP contribution in [-0.2, 0) is 19.9 Å². The van der Waals surface area contributed by atoms with Crippen LogP contribution in [0.4, 0.5) is 5.69 Å². The van der Waals surface area contributed by atoms with Gasteiger partial charge in [-0.05, 0) is 24.8 Å². The van der Waals surface area contributed by atoms with Crippen LogP contribution in [0.2, 0.25) is 0 Å². The van der Waals surface area contributed by atoms with Gasteiger partial charge in [0.25, 0.3) is 5.91 Å². The molecular formula is C24H31N3O3. The van der Waals surface area contributed by atoms with Crippen LogP contribution in [0.3, 0.4) is 0 Å². The van der Waals surface area contributed by atoms with Crippen molar-refractivity contribution in [2.45, 2.75) is 51.6 Å². The van der Waals surface area contributed by atoms with Crippen LogP contribution in [0.25, 0.3) is 0 Å². The molecule has 0 saturated carbocycles. The topological polar surface area (TPSA) is 69.7 Å². The first-order valence-electron chi connectivity index (χ1n) is 11.0. The number of nitrogens with zero attached hydrogens (tertiary/aromatic N) is 2. The van der Waals surface area contributed by atoms with Gasteiger partial charge >= 0.3 is 0 Å². The molecule has 4 atom stereocenters. The molecule has 0 aliphatic carbocycles. The van der Waals surface area contributed by atoms with Crippen molar-refractivity contribution in [3.8, 4) is 0 Å². The molecule has 2 saturated heterocycles. The number of anilines is 1. The summed E-state index contributed by atoms with van der Waals surface area (Å²) >= 11 is 0. The minimum absolute atomic E-state index is 0.124. The molecular weight excluding hydrogens is 378 g/mol. The fourth-order valence-corrected chi connectivity index (χ4v) is 5.56. The molecule has 3 aliphatic heterocycles. The summed E-state index contributed by atoms with van der Waals surface area (Å²) < 4.78 is 0. The second-order valence-corrected chi connectivity index (χ2v) is 9.10. The number of amides is 3. The summed E-state index contributed by atoms with van der Waals surface area (Å²) in [5.74, 6) is -1.35. The quantitative estimate of drug-likeness (QED) is 0.555. The van der Waals surface area contributed by atoms with Crippen molar-refractivity contribution in [1.29, 1.82) is 0 Å². The standard InChI is InChI=1S/C24H31N3O3/c1-5-7-13-27-21(28)19-17(14-15(3)4)25-24(20(19)22(27)29)16-10-8-9-11-18(16)26(12-6-2)23(24)30/h6,8-11,15,17,19-20,25H,2,5,7,12-14H2,1,3-4H3/t17-,19-,20-,24+/m0/s1. The van der Waals surface area contributed by atoms with E-state index < -0.39 is 17.4 Å². The number of nitrogens with one attached hydrogen (secondary N) is 1. The van der Waals surface area contributed by atoms with Crippen molar-refractivity contribution in [3.63, 3.8) is 0 Å². The van der Waals surface area contributed by atoms with Crippen molar-refractivity contribution >= 4 is 23.4 Å². The minimum Gasteiger partial charge on any atom is -0.306 e. The number of hydrogen-bond donors (Lipinski definition) is 1. The molecule has 4 rings (SSSR count). The van der Waals surface area contributed by atoms with Crippen molar-refractivity contribution in [2.24, 2.45) is 17.8 Å². The maximum atomic E-state index is 13.9. The highest BCUT2D eigenvalue weighted by molar-refractivity contribution is 6.16. The van der Waals surface area contributed by atoms with Gasteiger partial charge in [0.05, 0.1) is 11.8 Å². The van der Waals surface area contributed by atoms with Gasteiger partial charge in [0.2, 0.25) is 11.8 Å². The maximum Gasteiger partial charge on any atom is 0.253 e. The molecule has 1 aromatic carbocycles. The predicted octanol–water partition coefficient (Wildman–Crippen LogP) is 2.83. The number of para-hydroxylation sites is 1. The second-order valence-electron chi connectivity index (χ2n) is 9.10. The predicted molar refractivity (Wildman–Crippen MR) is 116 cm³/mol. The highest BCUT2D eigenvalue weighted by Crippen LogP contribution is 2.55. The zero-order valence-electron chi connectivity index (χ0n) is 18.1. The summed E-state index contributed by atoms with van der Waals surface area (Å²) in [6.07, 6.45) is 4.11. The molecule has 160 valence electrons. The van der Waals surface area contributed by atoms with Crippen molar-refractivity contribution in [3.05, 3.63) is 42.5 Å². The SMILES string of the molecule is C=CCN1C(=O)[C@@]2(N[C@@H](CC(C)C)[C@@H]3C(=O)N(CCCC)C(=O)[C@H]32)c2ccccc21. The van der Waals surface area contributed by atoms with Crippen molar-refractivity contribution in [2.75, 3.05) is 18.0 Å². The second kappa shape index (κ2) is 7.65. The Morgan fingerprint density at radius 3 is 2.57 bits per heavy atom. The number of carbonyl (C=O) groups is 3. The first-order chi connectivity index (χ1) is 14.4. The number of carbonyl (C=O) groups excluding carboxylic acids is 3. The molecule has 30 heavy (non-hydrogen) atoms. The van der Waals surface area contributed by atoms with E-state index in [1.54, 1.807) is 11.0 Å². The average Bonchev–Trinajstić information content (AvgIpc) is 3.26. The molecule has 1 N–H and O–H groups in total. The van der Waals surface area contributed by atoms with Crippen molar-refractivity contribution < 1.29 is 14.4 Å². The zero-order valence-corrected chi connectivity index (χ0v) is 18.1. The van der Waals surface area contributed by atoms with Crippen LogP contribution in [0, 0.1) is 17.8 Å². The van der Waals surface area contributed by atoms with Gasteiger partial charge in [-0.2, -0.15) is 0 Å². The third-order valence-corrected chi connectivity index (χ3v) is 6.73. The fraction of sp³-hybridized carbons (Fsp3) is 0.542. The lowest BCUT2D eigenvalue weighted by molar-refractivity contribution is -0.143. The van der Waals surface area contributed by atoms with Crippen LogP contribution >= 0.6 is 0 Å². The summed E-state index contributed by atoms with van der Waals surface area (Å²) in [6, 6.07) is 7.42. The van der Waals surface area contributed by atoms with Gasteiger partial charge in [-0.3, -0.25) is 24.6 Å². The fourth-order valence-electron chi connectivity index (χ4n) is 5.56. The Bertz CT molecular complexity index is 895. The Balaban J connectivity index is 1.85. The molecule has 3 heterocycles. The molecule has 0 bridgehead atoms. The van der Waals surface area contributed by atoms with E-state index in [0.29, 0.717) is 19.0 Å². The van der Waals surface area contributed by atoms with E-state index in [9.17, 15) is 14.4 Å². The van der Waals surface area contributed by atoms with Gasteiger partial charge in [0, 0.05) is 30.4 Å². The van der Waals surface area contributed by atoms with Crippen LogP contribution in [0.15, 0.2) is 36.9 Å². The van der Waals surface area contributed by atoms with Gasteiger partial charge in [0.15, 0.2) is 0 Å². The zero-order chi connectivity index (χ0) is 21.6. The number of benzene rings is 1. The maximum absolute atomic E-state index is 13.9. The molecule has 3 amide bonds. The Morgan fingerprint density at radius 1 is 1.17 bits per heavy atom.